The maximum Gasteiger partial charge on any atom is 0.0119 e. The number of piperidine rings is 1. The summed E-state index contributed by atoms with van der Waals surface area (Å²) in [7, 11) is 0. The first-order chi connectivity index (χ1) is 9.29. The van der Waals surface area contributed by atoms with Crippen LogP contribution in [0.5, 0.6) is 0 Å². The molecule has 0 amide bonds. The lowest BCUT2D eigenvalue weighted by Crippen LogP contribution is -2.43. The van der Waals surface area contributed by atoms with Crippen LogP contribution in [0, 0.1) is 12.3 Å². The van der Waals surface area contributed by atoms with E-state index in [0.29, 0.717) is 0 Å². The number of hydrogen-bond acceptors (Lipinski definition) is 2. The van der Waals surface area contributed by atoms with Gasteiger partial charge in [-0.2, -0.15) is 0 Å². The summed E-state index contributed by atoms with van der Waals surface area (Å²) in [6.45, 7) is 15.3. The topological polar surface area (TPSA) is 15.3 Å². The molecule has 114 valence electrons. The highest BCUT2D eigenvalue weighted by Crippen LogP contribution is 2.13. The largest absolute Gasteiger partial charge is 0.317 e. The van der Waals surface area contributed by atoms with E-state index in [0.717, 1.165) is 6.04 Å². The minimum Gasteiger partial charge on any atom is -0.317 e. The first-order valence-corrected chi connectivity index (χ1v) is 8.12. The van der Waals surface area contributed by atoms with Gasteiger partial charge in [0.05, 0.1) is 0 Å². The molecule has 0 bridgehead atoms. The van der Waals surface area contributed by atoms with Gasteiger partial charge >= 0.3 is 0 Å². The first-order valence-electron chi connectivity index (χ1n) is 8.12. The summed E-state index contributed by atoms with van der Waals surface area (Å²) >= 11 is 0. The fraction of sp³-hybridized carbons (Fsp3) is 0.882. The van der Waals surface area contributed by atoms with Gasteiger partial charge in [-0.25, -0.2) is 0 Å². The van der Waals surface area contributed by atoms with E-state index in [1.807, 2.05) is 13.8 Å². The maximum absolute atomic E-state index is 4.60. The molecule has 1 rings (SSSR count). The molecule has 0 aliphatic carbocycles. The molecule has 0 atom stereocenters. The number of terminal acetylenes is 1. The summed E-state index contributed by atoms with van der Waals surface area (Å²) < 4.78 is 0. The molecule has 0 saturated carbocycles. The Kier molecular flexibility index (Phi) is 19.1. The molecule has 0 aromatic carbocycles. The van der Waals surface area contributed by atoms with Crippen molar-refractivity contribution in [2.45, 2.75) is 72.8 Å². The molecular weight excluding hydrogens is 232 g/mol. The predicted molar refractivity (Wildman–Crippen MR) is 88.5 cm³/mol. The fourth-order valence-electron chi connectivity index (χ4n) is 2.30. The van der Waals surface area contributed by atoms with Crippen molar-refractivity contribution in [1.29, 1.82) is 0 Å². The molecular formula is C17H36N2. The van der Waals surface area contributed by atoms with Crippen molar-refractivity contribution in [3.63, 3.8) is 0 Å². The lowest BCUT2D eigenvalue weighted by atomic mass is 10.0. The Bertz CT molecular complexity index is 190. The number of rotatable bonds is 6. The van der Waals surface area contributed by atoms with Crippen molar-refractivity contribution in [2.75, 3.05) is 26.2 Å². The third-order valence-electron chi connectivity index (χ3n) is 3.13. The summed E-state index contributed by atoms with van der Waals surface area (Å²) in [4.78, 5) is 2.71. The molecule has 1 aliphatic rings. The second-order valence-corrected chi connectivity index (χ2v) is 4.66. The van der Waals surface area contributed by atoms with E-state index in [4.69, 9.17) is 0 Å². The van der Waals surface area contributed by atoms with Gasteiger partial charge in [-0.3, -0.25) is 0 Å². The molecule has 19 heavy (non-hydrogen) atoms. The average Bonchev–Trinajstić information content (AvgIpc) is 2.47. The third kappa shape index (κ3) is 12.3. The van der Waals surface area contributed by atoms with Crippen molar-refractivity contribution in [3.05, 3.63) is 0 Å². The van der Waals surface area contributed by atoms with E-state index in [1.54, 1.807) is 6.92 Å². The Morgan fingerprint density at radius 2 is 1.63 bits per heavy atom. The molecule has 0 spiro atoms. The molecule has 2 heteroatoms. The quantitative estimate of drug-likeness (QED) is 0.735. The highest BCUT2D eigenvalue weighted by molar-refractivity contribution is 4.77. The average molecular weight is 268 g/mol. The van der Waals surface area contributed by atoms with Gasteiger partial charge in [0.2, 0.25) is 0 Å². The molecule has 1 fully saturated rings. The van der Waals surface area contributed by atoms with Gasteiger partial charge in [0.25, 0.3) is 0 Å². The smallest absolute Gasteiger partial charge is 0.0119 e. The van der Waals surface area contributed by atoms with Crippen molar-refractivity contribution < 1.29 is 0 Å². The molecule has 2 nitrogen and oxygen atoms in total. The lowest BCUT2D eigenvalue weighted by Gasteiger charge is -2.34. The van der Waals surface area contributed by atoms with Gasteiger partial charge in [0, 0.05) is 6.04 Å². The second-order valence-electron chi connectivity index (χ2n) is 4.66. The summed E-state index contributed by atoms with van der Waals surface area (Å²) in [5.74, 6) is 2.25. The monoisotopic (exact) mass is 268 g/mol. The highest BCUT2D eigenvalue weighted by atomic mass is 15.2. The number of hydrogen-bond donors (Lipinski definition) is 1. The van der Waals surface area contributed by atoms with E-state index < -0.39 is 0 Å². The first kappa shape index (κ1) is 20.8. The lowest BCUT2D eigenvalue weighted by molar-refractivity contribution is 0.160. The summed E-state index contributed by atoms with van der Waals surface area (Å²) in [6, 6.07) is 0.864. The van der Waals surface area contributed by atoms with Crippen LogP contribution in [0.15, 0.2) is 0 Å². The van der Waals surface area contributed by atoms with Gasteiger partial charge in [-0.05, 0) is 58.8 Å². The van der Waals surface area contributed by atoms with Crippen LogP contribution < -0.4 is 5.32 Å². The van der Waals surface area contributed by atoms with Crippen molar-refractivity contribution in [2.24, 2.45) is 0 Å². The van der Waals surface area contributed by atoms with E-state index in [2.05, 4.69) is 36.4 Å². The normalized spacial score (nSPS) is 14.8. The molecule has 1 saturated heterocycles. The Morgan fingerprint density at radius 3 is 2.05 bits per heavy atom. The van der Waals surface area contributed by atoms with Gasteiger partial charge in [0.15, 0.2) is 0 Å². The Balaban J connectivity index is 0. The van der Waals surface area contributed by atoms with Crippen LogP contribution >= 0.6 is 0 Å². The molecule has 0 aromatic rings. The fourth-order valence-corrected chi connectivity index (χ4v) is 2.30. The Morgan fingerprint density at radius 1 is 1.11 bits per heavy atom. The van der Waals surface area contributed by atoms with Crippen LogP contribution in [0.1, 0.15) is 66.7 Å². The van der Waals surface area contributed by atoms with Crippen LogP contribution in [0.4, 0.5) is 0 Å². The van der Waals surface area contributed by atoms with Gasteiger partial charge in [-0.15, -0.1) is 12.3 Å². The van der Waals surface area contributed by atoms with Crippen LogP contribution in [0.2, 0.25) is 0 Å². The molecule has 1 N–H and O–H groups in total. The van der Waals surface area contributed by atoms with Crippen LogP contribution in [0.25, 0.3) is 0 Å². The van der Waals surface area contributed by atoms with E-state index in [9.17, 15) is 0 Å². The minimum atomic E-state index is 0.864. The van der Waals surface area contributed by atoms with E-state index >= 15 is 0 Å². The zero-order valence-electron chi connectivity index (χ0n) is 14.0. The van der Waals surface area contributed by atoms with E-state index in [1.165, 1.54) is 58.3 Å². The summed E-state index contributed by atoms with van der Waals surface area (Å²) in [5, 5.41) is 3.44. The van der Waals surface area contributed by atoms with Crippen LogP contribution in [0.3, 0.4) is 0 Å². The zero-order chi connectivity index (χ0) is 14.9. The molecule has 1 heterocycles. The SMILES string of the molecule is C#CC.CC.CCCCN(CCC)C1CCNCC1. The third-order valence-corrected chi connectivity index (χ3v) is 3.13. The van der Waals surface area contributed by atoms with Crippen molar-refractivity contribution in [3.8, 4) is 12.3 Å². The zero-order valence-corrected chi connectivity index (χ0v) is 14.0. The van der Waals surface area contributed by atoms with Gasteiger partial charge < -0.3 is 10.2 Å². The molecule has 1 aliphatic heterocycles. The van der Waals surface area contributed by atoms with Gasteiger partial charge in [0.1, 0.15) is 0 Å². The molecule has 0 radical (unpaired) electrons. The van der Waals surface area contributed by atoms with Crippen molar-refractivity contribution >= 4 is 0 Å². The summed E-state index contributed by atoms with van der Waals surface area (Å²) in [6.07, 6.45) is 11.3. The minimum absolute atomic E-state index is 0.864. The van der Waals surface area contributed by atoms with Crippen molar-refractivity contribution in [1.82, 2.24) is 10.2 Å². The van der Waals surface area contributed by atoms with Gasteiger partial charge in [-0.1, -0.05) is 34.1 Å². The summed E-state index contributed by atoms with van der Waals surface area (Å²) in [5.41, 5.74) is 0. The maximum atomic E-state index is 4.60. The number of nitrogens with zero attached hydrogens (tertiary/aromatic N) is 1. The molecule has 0 aromatic heterocycles. The Hall–Kier alpha value is -0.520. The van der Waals surface area contributed by atoms with E-state index in [-0.39, 0.29) is 0 Å². The number of nitrogens with one attached hydrogen (secondary N) is 1. The highest BCUT2D eigenvalue weighted by Gasteiger charge is 2.19. The predicted octanol–water partition coefficient (Wildman–Crippen LogP) is 3.92. The standard InChI is InChI=1S/C12H26N2.C3H4.C2H6/c1-3-5-11-14(10-4-2)12-6-8-13-9-7-12;1-3-2;1-2/h12-13H,3-11H2,1-2H3;1H,2H3;1-2H3. The van der Waals surface area contributed by atoms with Crippen LogP contribution in [-0.4, -0.2) is 37.1 Å². The Labute approximate surface area is 122 Å². The second kappa shape index (κ2) is 17.5. The number of unbranched alkanes of at least 4 members (excludes halogenated alkanes) is 1. The van der Waals surface area contributed by atoms with Crippen LogP contribution in [-0.2, 0) is 0 Å². The molecule has 0 unspecified atom stereocenters.